The van der Waals surface area contributed by atoms with Crippen LogP contribution in [-0.2, 0) is 19.2 Å². The summed E-state index contributed by atoms with van der Waals surface area (Å²) in [6, 6.07) is 38.4. The Balaban J connectivity index is 0.000000144. The van der Waals surface area contributed by atoms with E-state index < -0.39 is 23.6 Å². The van der Waals surface area contributed by atoms with Gasteiger partial charge >= 0.3 is 27.3 Å². The molecule has 242 valence electrons. The van der Waals surface area contributed by atoms with Crippen molar-refractivity contribution in [1.29, 1.82) is 0 Å². The molecule has 0 bridgehead atoms. The molecule has 0 aliphatic carbocycles. The topological polar surface area (TPSA) is 160 Å². The number of rotatable bonds is 4. The normalized spacial score (nSPS) is 14.4. The number of carbonyl (C=O) groups excluding carboxylic acids is 4. The van der Waals surface area contributed by atoms with E-state index in [4.69, 9.17) is 0 Å². The molecule has 0 saturated carbocycles. The van der Waals surface area contributed by atoms with Crippen molar-refractivity contribution < 1.29 is 19.2 Å². The van der Waals surface area contributed by atoms with Gasteiger partial charge in [-0.15, -0.1) is 0 Å². The van der Waals surface area contributed by atoms with Crippen molar-refractivity contribution in [2.24, 2.45) is 0 Å². The molecule has 2 aliphatic heterocycles. The smallest absolute Gasteiger partial charge is 0.587 e. The number of fused-ring (bicyclic) bond motifs is 4. The number of nitrogens with one attached hydrogen (secondary N) is 4. The molecule has 2 aliphatic rings. The summed E-state index contributed by atoms with van der Waals surface area (Å²) >= 11 is 0. The van der Waals surface area contributed by atoms with Gasteiger partial charge in [-0.2, -0.15) is 0 Å². The third-order valence-corrected chi connectivity index (χ3v) is 8.96. The first kappa shape index (κ1) is 32.0. The maximum atomic E-state index is 12.4. The summed E-state index contributed by atoms with van der Waals surface area (Å²) in [5, 5.41) is 11.2. The van der Waals surface area contributed by atoms with Crippen molar-refractivity contribution in [3.8, 4) is 0 Å². The Labute approximate surface area is 309 Å². The Kier molecular flexibility index (Phi) is 7.87. The van der Waals surface area contributed by atoms with Gasteiger partial charge in [-0.1, -0.05) is 72.8 Å². The SMILES string of the molecule is O=C1[N-]C(=O)C(c2cc3ccccc3[nH]2)=C1c1cc2ccccc2[nH]1.O=C1[N-]C(=O)C(c2cc3ccccc3[nH]2)=C1c1cc2ccccc2[nH]1.[Pb+2]. The van der Waals surface area contributed by atoms with E-state index in [-0.39, 0.29) is 27.3 Å². The summed E-state index contributed by atoms with van der Waals surface area (Å²) in [6.45, 7) is 0. The van der Waals surface area contributed by atoms with Crippen molar-refractivity contribution in [3.05, 3.63) is 155 Å². The van der Waals surface area contributed by atoms with E-state index in [1.165, 1.54) is 0 Å². The Hall–Kier alpha value is -6.28. The van der Waals surface area contributed by atoms with E-state index in [0.29, 0.717) is 45.1 Å². The maximum Gasteiger partial charge on any atom is 2.00 e. The summed E-state index contributed by atoms with van der Waals surface area (Å²) < 4.78 is 0. The quantitative estimate of drug-likeness (QED) is 0.106. The summed E-state index contributed by atoms with van der Waals surface area (Å²) in [6.07, 6.45) is 0. The zero-order valence-corrected chi connectivity index (χ0v) is 30.5. The average molecular weight is 860 g/mol. The summed E-state index contributed by atoms with van der Waals surface area (Å²) in [5.74, 6) is -2.04. The van der Waals surface area contributed by atoms with Crippen LogP contribution in [0.5, 0.6) is 0 Å². The van der Waals surface area contributed by atoms with Gasteiger partial charge in [0, 0.05) is 88.7 Å². The number of nitrogens with zero attached hydrogens (tertiary/aromatic N) is 2. The Morgan fingerprint density at radius 1 is 0.333 bits per heavy atom. The number of aromatic amines is 4. The van der Waals surface area contributed by atoms with Gasteiger partial charge in [0.2, 0.25) is 0 Å². The number of hydrogen-bond acceptors (Lipinski definition) is 4. The maximum absolute atomic E-state index is 12.4. The first-order chi connectivity index (χ1) is 24.4. The fourth-order valence-electron chi connectivity index (χ4n) is 6.67. The molecule has 6 heterocycles. The van der Waals surface area contributed by atoms with E-state index in [2.05, 4.69) is 30.6 Å². The van der Waals surface area contributed by atoms with Gasteiger partial charge in [0.25, 0.3) is 0 Å². The molecule has 11 heteroatoms. The summed E-state index contributed by atoms with van der Waals surface area (Å²) in [4.78, 5) is 62.4. The number of hydrogen-bond donors (Lipinski definition) is 4. The molecule has 0 spiro atoms. The third kappa shape index (κ3) is 5.49. The van der Waals surface area contributed by atoms with Gasteiger partial charge in [-0.25, -0.2) is 0 Å². The number of aromatic nitrogens is 4. The predicted octanol–water partition coefficient (Wildman–Crippen LogP) is 7.62. The number of H-pyrrole nitrogens is 4. The molecule has 2 radical (unpaired) electrons. The standard InChI is InChI=1S/2C20H13N3O2.Pb/c2*24-19-17(15-9-11-5-1-3-7-13(11)21-15)18(20(25)23-19)16-10-12-6-2-4-8-14(12)22-16;/h2*1-10H,(H3,21,22,23,24,25);/q;;+2/p-2. The molecule has 0 unspecified atom stereocenters. The van der Waals surface area contributed by atoms with Gasteiger partial charge < -0.3 is 49.7 Å². The summed E-state index contributed by atoms with van der Waals surface area (Å²) in [7, 11) is 0. The van der Waals surface area contributed by atoms with Gasteiger partial charge in [0.1, 0.15) is 0 Å². The number of amides is 4. The largest absolute Gasteiger partial charge is 2.00 e. The van der Waals surface area contributed by atoms with Crippen molar-refractivity contribution in [3.63, 3.8) is 0 Å². The second-order valence-corrected chi connectivity index (χ2v) is 12.0. The molecule has 0 saturated heterocycles. The Morgan fingerprint density at radius 3 is 0.765 bits per heavy atom. The molecular formula is C40H24N6O4Pb. The minimum Gasteiger partial charge on any atom is -0.587 e. The monoisotopic (exact) mass is 860 g/mol. The van der Waals surface area contributed by atoms with Crippen molar-refractivity contribution in [1.82, 2.24) is 19.9 Å². The van der Waals surface area contributed by atoms with Crippen LogP contribution in [0.2, 0.25) is 0 Å². The molecule has 0 fully saturated rings. The molecule has 10 rings (SSSR count). The minimum atomic E-state index is -0.509. The van der Waals surface area contributed by atoms with Gasteiger partial charge in [0.05, 0.1) is 23.6 Å². The van der Waals surface area contributed by atoms with Crippen LogP contribution in [-0.4, -0.2) is 70.9 Å². The van der Waals surface area contributed by atoms with E-state index in [1.54, 1.807) is 0 Å². The zero-order valence-electron chi connectivity index (χ0n) is 26.6. The number of imide groups is 2. The Morgan fingerprint density at radius 2 is 0.549 bits per heavy atom. The van der Waals surface area contributed by atoms with Gasteiger partial charge in [-0.3, -0.25) is 0 Å². The van der Waals surface area contributed by atoms with E-state index in [1.807, 2.05) is 121 Å². The van der Waals surface area contributed by atoms with Gasteiger partial charge in [-0.05, 0) is 48.5 Å². The van der Waals surface area contributed by atoms with Crippen molar-refractivity contribution in [2.75, 3.05) is 0 Å². The molecule has 10 nitrogen and oxygen atoms in total. The van der Waals surface area contributed by atoms with Crippen molar-refractivity contribution >= 4 is 117 Å². The van der Waals surface area contributed by atoms with Crippen LogP contribution in [0.25, 0.3) is 76.5 Å². The van der Waals surface area contributed by atoms with Crippen LogP contribution < -0.4 is 0 Å². The minimum absolute atomic E-state index is 0. The fraction of sp³-hybridized carbons (Fsp3) is 0. The first-order valence-electron chi connectivity index (χ1n) is 15.8. The van der Waals surface area contributed by atoms with E-state index in [9.17, 15) is 19.2 Å². The van der Waals surface area contributed by atoms with Crippen LogP contribution >= 0.6 is 0 Å². The number of para-hydroxylation sites is 4. The molecule has 4 aromatic carbocycles. The first-order valence-corrected chi connectivity index (χ1v) is 15.8. The molecule has 4 amide bonds. The van der Waals surface area contributed by atoms with Crippen LogP contribution in [0.4, 0.5) is 0 Å². The van der Waals surface area contributed by atoms with Crippen molar-refractivity contribution in [2.45, 2.75) is 0 Å². The molecular weight excluding hydrogens is 836 g/mol. The van der Waals surface area contributed by atoms with E-state index >= 15 is 0 Å². The second kappa shape index (κ2) is 12.6. The van der Waals surface area contributed by atoms with Gasteiger partial charge in [0.15, 0.2) is 0 Å². The molecule has 4 aromatic heterocycles. The van der Waals surface area contributed by atoms with E-state index in [0.717, 1.165) is 43.6 Å². The Bertz CT molecular complexity index is 2300. The molecule has 8 aromatic rings. The van der Waals surface area contributed by atoms with Crippen LogP contribution in [0.15, 0.2) is 121 Å². The predicted molar refractivity (Wildman–Crippen MR) is 199 cm³/mol. The average Bonchev–Trinajstić information content (AvgIpc) is 3.96. The van der Waals surface area contributed by atoms with Crippen LogP contribution in [0.1, 0.15) is 22.8 Å². The zero-order chi connectivity index (χ0) is 33.9. The molecule has 4 N–H and O–H groups in total. The molecule has 0 atom stereocenters. The number of carbonyl (C=O) groups is 4. The van der Waals surface area contributed by atoms with Crippen LogP contribution in [0, 0.1) is 0 Å². The summed E-state index contributed by atoms with van der Waals surface area (Å²) in [5.41, 5.74) is 7.32. The molecule has 51 heavy (non-hydrogen) atoms. The third-order valence-electron chi connectivity index (χ3n) is 8.96. The van der Waals surface area contributed by atoms with Crippen LogP contribution in [0.3, 0.4) is 0 Å². The number of benzene rings is 4. The second-order valence-electron chi connectivity index (χ2n) is 12.0. The fourth-order valence-corrected chi connectivity index (χ4v) is 6.67.